The first-order valence-electron chi connectivity index (χ1n) is 6.17. The molecule has 0 fully saturated rings. The van der Waals surface area contributed by atoms with E-state index in [4.69, 9.17) is 10.4 Å². The van der Waals surface area contributed by atoms with Crippen LogP contribution in [-0.4, -0.2) is 30.1 Å². The number of nitrogens with two attached hydrogens (primary N) is 1. The summed E-state index contributed by atoms with van der Waals surface area (Å²) in [6.07, 6.45) is 1.64. The van der Waals surface area contributed by atoms with Gasteiger partial charge in [0.25, 0.3) is 16.0 Å². The number of nitrogens with one attached hydrogen (secondary N) is 2. The lowest BCUT2D eigenvalue weighted by Crippen LogP contribution is -2.19. The minimum absolute atomic E-state index is 0.0769. The zero-order chi connectivity index (χ0) is 17.0. The number of nitrogen functional groups attached to an aromatic ring is 1. The molecule has 1 heterocycles. The Morgan fingerprint density at radius 3 is 2.61 bits per heavy atom. The number of aromatic nitrogens is 1. The second kappa shape index (κ2) is 6.52. The van der Waals surface area contributed by atoms with Gasteiger partial charge in [-0.3, -0.25) is 14.1 Å². The molecule has 9 nitrogen and oxygen atoms in total. The van der Waals surface area contributed by atoms with Crippen LogP contribution in [-0.2, 0) is 10.1 Å². The molecule has 0 bridgehead atoms. The summed E-state index contributed by atoms with van der Waals surface area (Å²) < 4.78 is 31.7. The van der Waals surface area contributed by atoms with Crippen LogP contribution in [0.4, 0.5) is 11.5 Å². The van der Waals surface area contributed by atoms with Crippen LogP contribution in [0.5, 0.6) is 0 Å². The highest BCUT2D eigenvalue weighted by atomic mass is 32.2. The van der Waals surface area contributed by atoms with Gasteiger partial charge < -0.3 is 10.7 Å². The highest BCUT2D eigenvalue weighted by Gasteiger charge is 2.20. The Balaban J connectivity index is 2.45. The number of pyridine rings is 1. The Hall–Kier alpha value is -2.82. The van der Waals surface area contributed by atoms with Crippen molar-refractivity contribution in [1.29, 1.82) is 0 Å². The monoisotopic (exact) mass is 336 g/mol. The van der Waals surface area contributed by atoms with Crippen molar-refractivity contribution >= 4 is 33.8 Å². The first-order valence-corrected chi connectivity index (χ1v) is 7.61. The van der Waals surface area contributed by atoms with Crippen LogP contribution in [0.3, 0.4) is 0 Å². The van der Waals surface area contributed by atoms with Crippen LogP contribution in [0.25, 0.3) is 0 Å². The molecule has 0 spiro atoms. The molecule has 2 rings (SSSR count). The van der Waals surface area contributed by atoms with Crippen LogP contribution < -0.4 is 16.6 Å². The third-order valence-corrected chi connectivity index (χ3v) is 3.81. The van der Waals surface area contributed by atoms with Gasteiger partial charge in [0.05, 0.1) is 16.8 Å². The van der Waals surface area contributed by atoms with Gasteiger partial charge in [-0.2, -0.15) is 8.42 Å². The quantitative estimate of drug-likeness (QED) is 0.269. The molecular formula is C13H12N4O5S. The van der Waals surface area contributed by atoms with E-state index in [1.807, 2.05) is 0 Å². The molecule has 0 radical (unpaired) electrons. The first-order chi connectivity index (χ1) is 10.9. The van der Waals surface area contributed by atoms with E-state index in [0.29, 0.717) is 0 Å². The molecule has 0 aliphatic heterocycles. The van der Waals surface area contributed by atoms with Crippen molar-refractivity contribution in [3.8, 4) is 0 Å². The van der Waals surface area contributed by atoms with Crippen molar-refractivity contribution in [3.05, 3.63) is 47.7 Å². The number of nitrogens with zero attached hydrogens (tertiary/aromatic N) is 1. The Bertz CT molecular complexity index is 866. The van der Waals surface area contributed by atoms with Gasteiger partial charge in [0.1, 0.15) is 4.90 Å². The summed E-state index contributed by atoms with van der Waals surface area (Å²) in [5.41, 5.74) is 1.89. The summed E-state index contributed by atoms with van der Waals surface area (Å²) >= 11 is 0. The molecule has 0 saturated heterocycles. The Morgan fingerprint density at radius 2 is 2.00 bits per heavy atom. The maximum atomic E-state index is 12.2. The number of hydrogen-bond donors (Lipinski definition) is 4. The Kier molecular flexibility index (Phi) is 4.69. The molecule has 1 amide bonds. The third-order valence-electron chi connectivity index (χ3n) is 2.90. The lowest BCUT2D eigenvalue weighted by Gasteiger charge is -2.11. The number of carbonyl (C=O) groups is 2. The van der Waals surface area contributed by atoms with E-state index in [2.05, 4.69) is 15.7 Å². The van der Waals surface area contributed by atoms with Crippen molar-refractivity contribution in [2.75, 3.05) is 10.7 Å². The predicted octanol–water partition coefficient (Wildman–Crippen LogP) is 0.679. The number of anilines is 2. The fraction of sp³-hybridized carbons (Fsp3) is 0. The van der Waals surface area contributed by atoms with Crippen molar-refractivity contribution in [2.24, 2.45) is 5.84 Å². The van der Waals surface area contributed by atoms with E-state index >= 15 is 0 Å². The Labute approximate surface area is 131 Å². The largest absolute Gasteiger partial charge is 0.321 e. The first kappa shape index (κ1) is 16.5. The van der Waals surface area contributed by atoms with Gasteiger partial charge in [-0.1, -0.05) is 6.07 Å². The van der Waals surface area contributed by atoms with Crippen molar-refractivity contribution in [1.82, 2.24) is 4.98 Å². The number of hydrogen-bond acceptors (Lipinski definition) is 7. The minimum Gasteiger partial charge on any atom is -0.321 e. The topological polar surface area (TPSA) is 151 Å². The molecule has 2 aromatic rings. The maximum Gasteiger partial charge on any atom is 0.295 e. The number of benzene rings is 1. The van der Waals surface area contributed by atoms with E-state index in [9.17, 15) is 18.0 Å². The number of hydrazine groups is 1. The summed E-state index contributed by atoms with van der Waals surface area (Å²) in [5, 5.41) is 2.38. The molecule has 0 aliphatic carbocycles. The third kappa shape index (κ3) is 3.51. The minimum atomic E-state index is -4.61. The van der Waals surface area contributed by atoms with Crippen molar-refractivity contribution in [3.63, 3.8) is 0 Å². The lowest BCUT2D eigenvalue weighted by molar-refractivity contribution is 0.102. The molecule has 5 N–H and O–H groups in total. The molecule has 1 aromatic carbocycles. The molecule has 120 valence electrons. The summed E-state index contributed by atoms with van der Waals surface area (Å²) in [6, 6.07) is 6.58. The van der Waals surface area contributed by atoms with E-state index in [0.717, 1.165) is 6.07 Å². The summed E-state index contributed by atoms with van der Waals surface area (Å²) in [6.45, 7) is 0. The second-order valence-electron chi connectivity index (χ2n) is 4.31. The lowest BCUT2D eigenvalue weighted by atomic mass is 10.1. The average molecular weight is 336 g/mol. The molecule has 0 atom stereocenters. The second-order valence-corrected chi connectivity index (χ2v) is 5.70. The summed E-state index contributed by atoms with van der Waals surface area (Å²) in [4.78, 5) is 26.7. The zero-order valence-corrected chi connectivity index (χ0v) is 12.4. The van der Waals surface area contributed by atoms with Crippen LogP contribution in [0, 0.1) is 0 Å². The van der Waals surface area contributed by atoms with Gasteiger partial charge in [-0.05, 0) is 24.3 Å². The molecule has 1 aromatic heterocycles. The zero-order valence-electron chi connectivity index (χ0n) is 11.6. The van der Waals surface area contributed by atoms with Crippen LogP contribution in [0.15, 0.2) is 41.4 Å². The molecular weight excluding hydrogens is 324 g/mol. The Morgan fingerprint density at radius 1 is 1.26 bits per heavy atom. The smallest absolute Gasteiger partial charge is 0.295 e. The number of carbonyl (C=O) groups excluding carboxylic acids is 2. The normalized spacial score (nSPS) is 10.9. The van der Waals surface area contributed by atoms with Crippen LogP contribution >= 0.6 is 0 Å². The fourth-order valence-electron chi connectivity index (χ4n) is 1.89. The van der Waals surface area contributed by atoms with E-state index in [-0.39, 0.29) is 28.9 Å². The van der Waals surface area contributed by atoms with Crippen molar-refractivity contribution < 1.29 is 22.6 Å². The van der Waals surface area contributed by atoms with Crippen molar-refractivity contribution in [2.45, 2.75) is 4.90 Å². The van der Waals surface area contributed by atoms with Gasteiger partial charge in [-0.25, -0.2) is 10.8 Å². The molecule has 0 unspecified atom stereocenters. The van der Waals surface area contributed by atoms with Gasteiger partial charge >= 0.3 is 0 Å². The fourth-order valence-corrected chi connectivity index (χ4v) is 2.58. The number of rotatable bonds is 5. The highest BCUT2D eigenvalue weighted by Crippen LogP contribution is 2.23. The van der Waals surface area contributed by atoms with Gasteiger partial charge in [0, 0.05) is 6.20 Å². The van der Waals surface area contributed by atoms with Crippen LogP contribution in [0.2, 0.25) is 0 Å². The highest BCUT2D eigenvalue weighted by molar-refractivity contribution is 7.86. The van der Waals surface area contributed by atoms with Crippen LogP contribution in [0.1, 0.15) is 20.7 Å². The maximum absolute atomic E-state index is 12.2. The number of aldehydes is 1. The average Bonchev–Trinajstić information content (AvgIpc) is 2.53. The SMILES string of the molecule is NNc1ncccc1C(=O)Nc1cccc(S(=O)(=O)O)c1C=O. The van der Waals surface area contributed by atoms with Gasteiger partial charge in [-0.15, -0.1) is 0 Å². The van der Waals surface area contributed by atoms with Gasteiger partial charge in [0.15, 0.2) is 12.1 Å². The standard InChI is InChI=1S/C13H12N4O5S/c14-17-12-8(3-2-6-15-12)13(19)16-10-4-1-5-11(9(10)7-18)23(20,21)22/h1-7H,14H2,(H,15,17)(H,16,19)(H,20,21,22). The predicted molar refractivity (Wildman–Crippen MR) is 81.6 cm³/mol. The van der Waals surface area contributed by atoms with E-state index in [1.165, 1.54) is 30.5 Å². The van der Waals surface area contributed by atoms with E-state index in [1.54, 1.807) is 0 Å². The number of amides is 1. The molecule has 0 saturated carbocycles. The molecule has 10 heteroatoms. The molecule has 23 heavy (non-hydrogen) atoms. The summed E-state index contributed by atoms with van der Waals surface area (Å²) in [7, 11) is -4.61. The summed E-state index contributed by atoms with van der Waals surface area (Å²) in [5.74, 6) is 4.69. The molecule has 0 aliphatic rings. The van der Waals surface area contributed by atoms with E-state index < -0.39 is 20.9 Å². The van der Waals surface area contributed by atoms with Gasteiger partial charge in [0.2, 0.25) is 0 Å².